The summed E-state index contributed by atoms with van der Waals surface area (Å²) in [6.45, 7) is 4.03. The Bertz CT molecular complexity index is 383. The maximum absolute atomic E-state index is 11.7. The van der Waals surface area contributed by atoms with Crippen molar-refractivity contribution in [2.75, 3.05) is 25.2 Å². The summed E-state index contributed by atoms with van der Waals surface area (Å²) in [4.78, 5) is 0. The van der Waals surface area contributed by atoms with E-state index < -0.39 is 7.14 Å². The molecule has 0 radical (unpaired) electrons. The van der Waals surface area contributed by atoms with Crippen LogP contribution in [0.5, 0.6) is 0 Å². The zero-order chi connectivity index (χ0) is 10.6. The second-order valence-corrected chi connectivity index (χ2v) is 6.67. The van der Waals surface area contributed by atoms with Gasteiger partial charge in [-0.05, 0) is 37.6 Å². The number of terminal acetylenes is 1. The van der Waals surface area contributed by atoms with Gasteiger partial charge in [0.1, 0.15) is 7.14 Å². The Balaban J connectivity index is 2.80. The molecule has 0 spiro atoms. The lowest BCUT2D eigenvalue weighted by Crippen LogP contribution is -2.04. The van der Waals surface area contributed by atoms with Gasteiger partial charge in [0.2, 0.25) is 0 Å². The lowest BCUT2D eigenvalue weighted by atomic mass is 10.3. The van der Waals surface area contributed by atoms with Crippen molar-refractivity contribution >= 4 is 18.1 Å². The fraction of sp³-hybridized carbons (Fsp3) is 0.273. The standard InChI is InChI=1S/C11H14NOP/c1-4-9-12-10-5-7-11(8-6-10)14(2,3)13/h1,5-8,12H,9H2,2-3H3. The quantitative estimate of drug-likeness (QED) is 0.606. The second-order valence-electron chi connectivity index (χ2n) is 3.46. The molecular formula is C11H14NOP. The molecule has 0 aromatic heterocycles. The molecular weight excluding hydrogens is 193 g/mol. The van der Waals surface area contributed by atoms with Crippen molar-refractivity contribution in [3.8, 4) is 12.3 Å². The first kappa shape index (κ1) is 10.9. The third kappa shape index (κ3) is 2.94. The van der Waals surface area contributed by atoms with Crippen LogP contribution < -0.4 is 10.6 Å². The van der Waals surface area contributed by atoms with Crippen LogP contribution in [0.4, 0.5) is 5.69 Å². The van der Waals surface area contributed by atoms with E-state index in [4.69, 9.17) is 6.42 Å². The Kier molecular flexibility index (Phi) is 3.38. The van der Waals surface area contributed by atoms with Crippen molar-refractivity contribution in [1.29, 1.82) is 0 Å². The third-order valence-electron chi connectivity index (χ3n) is 1.88. The molecule has 74 valence electrons. The molecule has 2 nitrogen and oxygen atoms in total. The summed E-state index contributed by atoms with van der Waals surface area (Å²) >= 11 is 0. The van der Waals surface area contributed by atoms with Crippen molar-refractivity contribution in [1.82, 2.24) is 0 Å². The Labute approximate surface area is 85.1 Å². The summed E-state index contributed by atoms with van der Waals surface area (Å²) in [5, 5.41) is 3.94. The van der Waals surface area contributed by atoms with E-state index in [0.29, 0.717) is 6.54 Å². The van der Waals surface area contributed by atoms with Gasteiger partial charge in [0, 0.05) is 11.0 Å². The molecule has 0 bridgehead atoms. The van der Waals surface area contributed by atoms with Crippen LogP contribution in [-0.2, 0) is 4.57 Å². The first-order chi connectivity index (χ1) is 6.54. The molecule has 0 atom stereocenters. The second kappa shape index (κ2) is 4.35. The van der Waals surface area contributed by atoms with Crippen molar-refractivity contribution in [3.05, 3.63) is 24.3 Å². The van der Waals surface area contributed by atoms with E-state index >= 15 is 0 Å². The van der Waals surface area contributed by atoms with Gasteiger partial charge >= 0.3 is 0 Å². The molecule has 1 N–H and O–H groups in total. The van der Waals surface area contributed by atoms with Crippen LogP contribution in [0, 0.1) is 12.3 Å². The van der Waals surface area contributed by atoms with Gasteiger partial charge in [-0.1, -0.05) is 5.92 Å². The van der Waals surface area contributed by atoms with Crippen LogP contribution in [0.2, 0.25) is 0 Å². The molecule has 0 aliphatic carbocycles. The molecule has 0 unspecified atom stereocenters. The molecule has 3 heteroatoms. The number of hydrogen-bond acceptors (Lipinski definition) is 2. The number of anilines is 1. The summed E-state index contributed by atoms with van der Waals surface area (Å²) < 4.78 is 11.7. The van der Waals surface area contributed by atoms with E-state index in [0.717, 1.165) is 11.0 Å². The summed E-state index contributed by atoms with van der Waals surface area (Å²) in [6, 6.07) is 7.54. The molecule has 14 heavy (non-hydrogen) atoms. The fourth-order valence-electron chi connectivity index (χ4n) is 1.09. The van der Waals surface area contributed by atoms with Crippen molar-refractivity contribution in [2.45, 2.75) is 0 Å². The SMILES string of the molecule is C#CCNc1ccc(P(C)(C)=O)cc1. The minimum atomic E-state index is -2.13. The largest absolute Gasteiger partial charge is 0.374 e. The zero-order valence-electron chi connectivity index (χ0n) is 8.45. The van der Waals surface area contributed by atoms with Gasteiger partial charge in [-0.15, -0.1) is 6.42 Å². The first-order valence-electron chi connectivity index (χ1n) is 4.37. The first-order valence-corrected chi connectivity index (χ1v) is 6.97. The van der Waals surface area contributed by atoms with Crippen molar-refractivity contribution < 1.29 is 4.57 Å². The van der Waals surface area contributed by atoms with Crippen LogP contribution in [0.3, 0.4) is 0 Å². The highest BCUT2D eigenvalue weighted by atomic mass is 31.2. The molecule has 0 saturated heterocycles. The Hall–Kier alpha value is -1.19. The lowest BCUT2D eigenvalue weighted by molar-refractivity contribution is 0.588. The van der Waals surface area contributed by atoms with Gasteiger partial charge in [0.15, 0.2) is 0 Å². The van der Waals surface area contributed by atoms with E-state index in [1.807, 2.05) is 24.3 Å². The molecule has 1 aromatic carbocycles. The van der Waals surface area contributed by atoms with E-state index in [1.165, 1.54) is 0 Å². The summed E-state index contributed by atoms with van der Waals surface area (Å²) in [5.41, 5.74) is 0.958. The summed E-state index contributed by atoms with van der Waals surface area (Å²) in [6.07, 6.45) is 5.12. The zero-order valence-corrected chi connectivity index (χ0v) is 9.34. The smallest absolute Gasteiger partial charge is 0.109 e. The topological polar surface area (TPSA) is 29.1 Å². The predicted octanol–water partition coefficient (Wildman–Crippen LogP) is 1.98. The predicted molar refractivity (Wildman–Crippen MR) is 62.9 cm³/mol. The van der Waals surface area contributed by atoms with Crippen molar-refractivity contribution in [3.63, 3.8) is 0 Å². The van der Waals surface area contributed by atoms with Crippen LogP contribution in [0.15, 0.2) is 24.3 Å². The summed E-state index contributed by atoms with van der Waals surface area (Å²) in [7, 11) is -2.13. The Morgan fingerprint density at radius 1 is 1.36 bits per heavy atom. The number of benzene rings is 1. The summed E-state index contributed by atoms with van der Waals surface area (Å²) in [5.74, 6) is 2.50. The third-order valence-corrected chi connectivity index (χ3v) is 3.43. The highest BCUT2D eigenvalue weighted by Crippen LogP contribution is 2.34. The minimum absolute atomic E-state index is 0.509. The monoisotopic (exact) mass is 207 g/mol. The van der Waals surface area contributed by atoms with Gasteiger partial charge in [-0.2, -0.15) is 0 Å². The van der Waals surface area contributed by atoms with E-state index in [1.54, 1.807) is 13.3 Å². The normalized spacial score (nSPS) is 10.6. The number of rotatable bonds is 3. The van der Waals surface area contributed by atoms with E-state index in [9.17, 15) is 4.57 Å². The highest BCUT2D eigenvalue weighted by Gasteiger charge is 2.09. The van der Waals surface area contributed by atoms with Gasteiger partial charge in [0.05, 0.1) is 6.54 Å². The Morgan fingerprint density at radius 3 is 2.36 bits per heavy atom. The molecule has 0 aliphatic heterocycles. The maximum Gasteiger partial charge on any atom is 0.109 e. The fourth-order valence-corrected chi connectivity index (χ4v) is 1.96. The molecule has 1 rings (SSSR count). The molecule has 0 fully saturated rings. The average molecular weight is 207 g/mol. The molecule has 0 aliphatic rings. The number of hydrogen-bond donors (Lipinski definition) is 1. The molecule has 0 heterocycles. The van der Waals surface area contributed by atoms with E-state index in [2.05, 4.69) is 11.2 Å². The van der Waals surface area contributed by atoms with Crippen LogP contribution in [-0.4, -0.2) is 19.9 Å². The van der Waals surface area contributed by atoms with Crippen LogP contribution >= 0.6 is 7.14 Å². The molecule has 1 aromatic rings. The van der Waals surface area contributed by atoms with Crippen LogP contribution in [0.25, 0.3) is 0 Å². The van der Waals surface area contributed by atoms with Gasteiger partial charge in [-0.3, -0.25) is 0 Å². The van der Waals surface area contributed by atoms with Gasteiger partial charge < -0.3 is 9.88 Å². The lowest BCUT2D eigenvalue weighted by Gasteiger charge is -2.08. The van der Waals surface area contributed by atoms with Crippen LogP contribution in [0.1, 0.15) is 0 Å². The van der Waals surface area contributed by atoms with Gasteiger partial charge in [-0.25, -0.2) is 0 Å². The minimum Gasteiger partial charge on any atom is -0.374 e. The van der Waals surface area contributed by atoms with E-state index in [-0.39, 0.29) is 0 Å². The molecule has 0 saturated carbocycles. The molecule has 0 amide bonds. The van der Waals surface area contributed by atoms with Crippen molar-refractivity contribution in [2.24, 2.45) is 0 Å². The average Bonchev–Trinajstić information content (AvgIpc) is 2.14. The Morgan fingerprint density at radius 2 is 1.93 bits per heavy atom. The maximum atomic E-state index is 11.7. The van der Waals surface area contributed by atoms with Gasteiger partial charge in [0.25, 0.3) is 0 Å². The highest BCUT2D eigenvalue weighted by molar-refractivity contribution is 7.70. The number of nitrogens with one attached hydrogen (secondary N) is 1.